The molecule has 1 saturated carbocycles. The molecule has 0 radical (unpaired) electrons. The maximum atomic E-state index is 5.96. The minimum atomic E-state index is 0. The minimum absolute atomic E-state index is 0. The Morgan fingerprint density at radius 3 is 2.82 bits per heavy atom. The average molecular weight is 195 g/mol. The fraction of sp³-hybridized carbons (Fsp3) is 0.857. The lowest BCUT2D eigenvalue weighted by Gasteiger charge is -2.13. The Morgan fingerprint density at radius 2 is 2.27 bits per heavy atom. The number of hydrogen-bond donors (Lipinski definition) is 1. The Bertz CT molecular complexity index is 193. The Kier molecular flexibility index (Phi) is 2.35. The highest BCUT2D eigenvalue weighted by Crippen LogP contribution is 2.48. The van der Waals surface area contributed by atoms with Crippen LogP contribution in [0.5, 0.6) is 0 Å². The molecule has 4 heteroatoms. The lowest BCUT2D eigenvalue weighted by molar-refractivity contribution is 0.499. The van der Waals surface area contributed by atoms with Gasteiger partial charge < -0.3 is 5.73 Å². The Labute approximate surface area is 77.6 Å². The van der Waals surface area contributed by atoms with Crippen LogP contribution in [0.15, 0.2) is 4.99 Å². The Morgan fingerprint density at radius 1 is 1.64 bits per heavy atom. The van der Waals surface area contributed by atoms with Crippen LogP contribution in [-0.4, -0.2) is 17.3 Å². The van der Waals surface area contributed by atoms with E-state index < -0.39 is 0 Å². The summed E-state index contributed by atoms with van der Waals surface area (Å²) < 4.78 is 0. The van der Waals surface area contributed by atoms with Gasteiger partial charge >= 0.3 is 0 Å². The molecular formula is C7H12Cl2N2. The summed E-state index contributed by atoms with van der Waals surface area (Å²) in [4.78, 5) is 4.25. The van der Waals surface area contributed by atoms with Gasteiger partial charge in [-0.15, -0.1) is 24.0 Å². The van der Waals surface area contributed by atoms with Gasteiger partial charge in [0.05, 0.1) is 17.3 Å². The number of hydrogen-bond acceptors (Lipinski definition) is 2. The molecule has 0 aromatic carbocycles. The van der Waals surface area contributed by atoms with E-state index in [-0.39, 0.29) is 17.8 Å². The van der Waals surface area contributed by atoms with Gasteiger partial charge in [-0.1, -0.05) is 6.92 Å². The van der Waals surface area contributed by atoms with Crippen molar-refractivity contribution in [2.45, 2.75) is 24.8 Å². The summed E-state index contributed by atoms with van der Waals surface area (Å²) in [6.45, 7) is 2.20. The van der Waals surface area contributed by atoms with E-state index in [1.165, 1.54) is 0 Å². The first-order valence-corrected chi connectivity index (χ1v) is 4.10. The van der Waals surface area contributed by atoms with Crippen molar-refractivity contribution in [3.63, 3.8) is 0 Å². The summed E-state index contributed by atoms with van der Waals surface area (Å²) >= 11 is 5.96. The molecule has 0 amide bonds. The van der Waals surface area contributed by atoms with Crippen molar-refractivity contribution in [2.24, 2.45) is 22.6 Å². The molecule has 4 atom stereocenters. The predicted octanol–water partition coefficient (Wildman–Crippen LogP) is 1.41. The van der Waals surface area contributed by atoms with Gasteiger partial charge in [0.2, 0.25) is 0 Å². The Hall–Kier alpha value is 0.0500. The van der Waals surface area contributed by atoms with E-state index in [0.717, 1.165) is 12.3 Å². The van der Waals surface area contributed by atoms with Crippen LogP contribution in [-0.2, 0) is 0 Å². The number of nitrogens with zero attached hydrogens (tertiary/aromatic N) is 1. The monoisotopic (exact) mass is 194 g/mol. The molecule has 2 nitrogen and oxygen atoms in total. The van der Waals surface area contributed by atoms with Crippen molar-refractivity contribution in [1.29, 1.82) is 0 Å². The van der Waals surface area contributed by atoms with E-state index in [1.807, 2.05) is 0 Å². The van der Waals surface area contributed by atoms with Crippen LogP contribution in [0.4, 0.5) is 0 Å². The molecule has 0 aromatic heterocycles. The topological polar surface area (TPSA) is 38.4 Å². The summed E-state index contributed by atoms with van der Waals surface area (Å²) in [5, 5.41) is 0.274. The van der Waals surface area contributed by atoms with Crippen LogP contribution in [0, 0.1) is 11.8 Å². The van der Waals surface area contributed by atoms with Crippen molar-refractivity contribution in [2.75, 3.05) is 0 Å². The fourth-order valence-corrected chi connectivity index (χ4v) is 2.34. The second kappa shape index (κ2) is 2.83. The molecule has 2 aliphatic rings. The first kappa shape index (κ1) is 9.14. The number of amidine groups is 1. The molecule has 11 heavy (non-hydrogen) atoms. The van der Waals surface area contributed by atoms with Crippen molar-refractivity contribution in [3.05, 3.63) is 0 Å². The second-order valence-corrected chi connectivity index (χ2v) is 3.82. The van der Waals surface area contributed by atoms with Crippen LogP contribution >= 0.6 is 24.0 Å². The molecular weight excluding hydrogens is 183 g/mol. The molecule has 1 aliphatic heterocycles. The number of halogens is 2. The van der Waals surface area contributed by atoms with Crippen molar-refractivity contribution >= 4 is 29.8 Å². The minimum Gasteiger partial charge on any atom is -0.387 e. The van der Waals surface area contributed by atoms with Gasteiger partial charge in [0, 0.05) is 12.3 Å². The molecule has 1 aliphatic carbocycles. The van der Waals surface area contributed by atoms with Crippen molar-refractivity contribution in [3.8, 4) is 0 Å². The number of alkyl halides is 1. The number of nitrogens with two attached hydrogens (primary N) is 1. The van der Waals surface area contributed by atoms with E-state index >= 15 is 0 Å². The quantitative estimate of drug-likeness (QED) is 0.583. The molecule has 0 bridgehead atoms. The summed E-state index contributed by atoms with van der Waals surface area (Å²) in [5.74, 6) is 2.05. The molecule has 1 heterocycles. The van der Waals surface area contributed by atoms with Crippen LogP contribution in [0.2, 0.25) is 0 Å². The number of rotatable bonds is 0. The van der Waals surface area contributed by atoms with E-state index in [0.29, 0.717) is 17.9 Å². The highest BCUT2D eigenvalue weighted by molar-refractivity contribution is 6.23. The number of fused-ring (bicyclic) bond motifs is 1. The SMILES string of the molecule is CC1CC(N)=NC2C1[C@@H]2Cl.Cl. The number of aliphatic imine (C=N–C) groups is 1. The van der Waals surface area contributed by atoms with Crippen molar-refractivity contribution < 1.29 is 0 Å². The van der Waals surface area contributed by atoms with Gasteiger partial charge in [-0.25, -0.2) is 0 Å². The summed E-state index contributed by atoms with van der Waals surface area (Å²) in [6.07, 6.45) is 0.935. The van der Waals surface area contributed by atoms with Crippen molar-refractivity contribution in [1.82, 2.24) is 0 Å². The fourth-order valence-electron chi connectivity index (χ4n) is 1.80. The molecule has 2 rings (SSSR count). The molecule has 0 saturated heterocycles. The van der Waals surface area contributed by atoms with Gasteiger partial charge in [0.15, 0.2) is 0 Å². The lowest BCUT2D eigenvalue weighted by Crippen LogP contribution is -2.22. The second-order valence-electron chi connectivity index (χ2n) is 3.31. The first-order chi connectivity index (χ1) is 4.70. The van der Waals surface area contributed by atoms with Crippen LogP contribution in [0.3, 0.4) is 0 Å². The Balaban J connectivity index is 0.000000605. The zero-order chi connectivity index (χ0) is 7.30. The summed E-state index contributed by atoms with van der Waals surface area (Å²) in [7, 11) is 0. The predicted molar refractivity (Wildman–Crippen MR) is 49.6 cm³/mol. The van der Waals surface area contributed by atoms with E-state index in [9.17, 15) is 0 Å². The normalized spacial score (nSPS) is 46.9. The van der Waals surface area contributed by atoms with E-state index in [2.05, 4.69) is 11.9 Å². The third-order valence-electron chi connectivity index (χ3n) is 2.45. The third-order valence-corrected chi connectivity index (χ3v) is 3.00. The van der Waals surface area contributed by atoms with Crippen LogP contribution < -0.4 is 5.73 Å². The highest BCUT2D eigenvalue weighted by Gasteiger charge is 2.54. The maximum Gasteiger partial charge on any atom is 0.0944 e. The van der Waals surface area contributed by atoms with Gasteiger partial charge in [-0.05, 0) is 5.92 Å². The lowest BCUT2D eigenvalue weighted by atomic mass is 9.99. The standard InChI is InChI=1S/C7H11ClN2.ClH/c1-3-2-4(9)10-7-5(3)6(7)8;/h3,5-7H,2H2,1H3,(H2,9,10);1H/t3?,5?,6-,7?;/m0./s1. The smallest absolute Gasteiger partial charge is 0.0944 e. The van der Waals surface area contributed by atoms with Crippen LogP contribution in [0.25, 0.3) is 0 Å². The van der Waals surface area contributed by atoms with Crippen LogP contribution in [0.1, 0.15) is 13.3 Å². The maximum absolute atomic E-state index is 5.96. The van der Waals surface area contributed by atoms with Gasteiger partial charge in [0.1, 0.15) is 0 Å². The summed E-state index contributed by atoms with van der Waals surface area (Å²) in [6, 6.07) is 0.352. The van der Waals surface area contributed by atoms with E-state index in [1.54, 1.807) is 0 Å². The molecule has 0 aromatic rings. The molecule has 64 valence electrons. The summed E-state index contributed by atoms with van der Waals surface area (Å²) in [5.41, 5.74) is 5.60. The molecule has 0 spiro atoms. The molecule has 3 unspecified atom stereocenters. The zero-order valence-corrected chi connectivity index (χ0v) is 7.90. The third kappa shape index (κ3) is 1.34. The van der Waals surface area contributed by atoms with Gasteiger partial charge in [0.25, 0.3) is 0 Å². The van der Waals surface area contributed by atoms with Gasteiger partial charge in [-0.3, -0.25) is 4.99 Å². The molecule has 1 fully saturated rings. The molecule has 2 N–H and O–H groups in total. The van der Waals surface area contributed by atoms with Gasteiger partial charge in [-0.2, -0.15) is 0 Å². The highest BCUT2D eigenvalue weighted by atomic mass is 35.5. The first-order valence-electron chi connectivity index (χ1n) is 3.66. The zero-order valence-electron chi connectivity index (χ0n) is 6.33. The average Bonchev–Trinajstić information content (AvgIpc) is 2.42. The van der Waals surface area contributed by atoms with E-state index in [4.69, 9.17) is 17.3 Å². The largest absolute Gasteiger partial charge is 0.387 e.